The summed E-state index contributed by atoms with van der Waals surface area (Å²) in [5.41, 5.74) is 5.35. The molecule has 22 heavy (non-hydrogen) atoms. The van der Waals surface area contributed by atoms with Gasteiger partial charge in [0.15, 0.2) is 0 Å². The van der Waals surface area contributed by atoms with Crippen molar-refractivity contribution in [3.8, 4) is 0 Å². The second-order valence-corrected chi connectivity index (χ2v) is 5.20. The van der Waals surface area contributed by atoms with Crippen LogP contribution in [0.15, 0.2) is 0 Å². The summed E-state index contributed by atoms with van der Waals surface area (Å²) in [7, 11) is 0. The van der Waals surface area contributed by atoms with Crippen LogP contribution in [-0.4, -0.2) is 79.2 Å². The van der Waals surface area contributed by atoms with Gasteiger partial charge in [-0.3, -0.25) is 3.53 Å². The molecule has 0 bridgehead atoms. The molecule has 3 N–H and O–H groups in total. The van der Waals surface area contributed by atoms with Gasteiger partial charge in [-0.2, -0.15) is 0 Å². The van der Waals surface area contributed by atoms with Crippen LogP contribution in [0.25, 0.3) is 0 Å². The first-order valence-electron chi connectivity index (χ1n) is 7.84. The van der Waals surface area contributed by atoms with Crippen LogP contribution in [-0.2, 0) is 23.7 Å². The average molecular weight is 434 g/mol. The van der Waals surface area contributed by atoms with Gasteiger partial charge in [-0.1, -0.05) is 0 Å². The number of hydrogen-bond acceptors (Lipinski definition) is 7. The van der Waals surface area contributed by atoms with Crippen LogP contribution in [0.1, 0.15) is 12.8 Å². The van der Waals surface area contributed by atoms with Crippen LogP contribution in [0.5, 0.6) is 0 Å². The molecular weight excluding hydrogens is 403 g/mol. The highest BCUT2D eigenvalue weighted by Gasteiger charge is 1.93. The molecule has 0 aliphatic heterocycles. The van der Waals surface area contributed by atoms with E-state index in [-0.39, 0.29) is 0 Å². The Labute approximate surface area is 148 Å². The van der Waals surface area contributed by atoms with E-state index in [1.54, 1.807) is 0 Å². The lowest BCUT2D eigenvalue weighted by atomic mass is 10.5. The molecule has 0 aromatic rings. The molecule has 0 aromatic carbocycles. The highest BCUT2D eigenvalue weighted by atomic mass is 127. The van der Waals surface area contributed by atoms with E-state index in [4.69, 9.17) is 29.4 Å². The molecule has 0 saturated carbocycles. The monoisotopic (exact) mass is 434 g/mol. The zero-order valence-electron chi connectivity index (χ0n) is 13.4. The molecule has 0 amide bonds. The fourth-order valence-electron chi connectivity index (χ4n) is 1.41. The third-order valence-corrected chi connectivity index (χ3v) is 3.08. The zero-order valence-corrected chi connectivity index (χ0v) is 15.6. The minimum atomic E-state index is 0.575. The Balaban J connectivity index is 2.91. The summed E-state index contributed by atoms with van der Waals surface area (Å²) in [4.78, 5) is 0. The molecule has 0 unspecified atom stereocenters. The number of rotatable bonds is 19. The summed E-state index contributed by atoms with van der Waals surface area (Å²) in [6.07, 6.45) is 1.91. The van der Waals surface area contributed by atoms with Gasteiger partial charge in [0.1, 0.15) is 0 Å². The van der Waals surface area contributed by atoms with Gasteiger partial charge < -0.3 is 29.4 Å². The van der Waals surface area contributed by atoms with Crippen molar-refractivity contribution in [2.24, 2.45) is 5.73 Å². The molecule has 0 radical (unpaired) electrons. The lowest BCUT2D eigenvalue weighted by molar-refractivity contribution is -0.0111. The maximum atomic E-state index is 5.39. The minimum Gasteiger partial charge on any atom is -0.379 e. The molecular formula is C14H31IN2O5. The molecule has 0 heterocycles. The number of ether oxygens (including phenoxy) is 5. The van der Waals surface area contributed by atoms with Crippen LogP contribution in [0.3, 0.4) is 0 Å². The molecule has 0 aliphatic rings. The molecule has 0 atom stereocenters. The molecule has 0 fully saturated rings. The Kier molecular flexibility index (Phi) is 21.9. The van der Waals surface area contributed by atoms with Crippen molar-refractivity contribution >= 4 is 22.9 Å². The Bertz CT molecular complexity index is 184. The maximum absolute atomic E-state index is 5.39. The lowest BCUT2D eigenvalue weighted by Gasteiger charge is -2.07. The van der Waals surface area contributed by atoms with Crippen LogP contribution in [0.2, 0.25) is 0 Å². The van der Waals surface area contributed by atoms with E-state index in [0.29, 0.717) is 66.0 Å². The highest BCUT2D eigenvalue weighted by molar-refractivity contribution is 14.1. The summed E-state index contributed by atoms with van der Waals surface area (Å²) in [6, 6.07) is 0. The standard InChI is InChI=1S/C14H31IN2O5/c15-17-4-2-6-19-8-10-21-12-14-22-13-11-20-9-7-18-5-1-3-16/h17H,1-14,16H2. The Morgan fingerprint density at radius 2 is 0.955 bits per heavy atom. The van der Waals surface area contributed by atoms with Gasteiger partial charge in [-0.05, 0) is 19.4 Å². The Morgan fingerprint density at radius 3 is 1.32 bits per heavy atom. The number of nitrogens with two attached hydrogens (primary N) is 1. The van der Waals surface area contributed by atoms with Crippen molar-refractivity contribution in [1.82, 2.24) is 3.53 Å². The molecule has 0 aliphatic carbocycles. The summed E-state index contributed by atoms with van der Waals surface area (Å²) < 4.78 is 29.9. The van der Waals surface area contributed by atoms with Crippen LogP contribution in [0, 0.1) is 0 Å². The van der Waals surface area contributed by atoms with E-state index in [1.807, 2.05) is 0 Å². The summed E-state index contributed by atoms with van der Waals surface area (Å²) in [5.74, 6) is 0. The number of halogens is 1. The van der Waals surface area contributed by atoms with E-state index < -0.39 is 0 Å². The Hall–Kier alpha value is 0.450. The van der Waals surface area contributed by atoms with Gasteiger partial charge in [-0.25, -0.2) is 0 Å². The van der Waals surface area contributed by atoms with Crippen molar-refractivity contribution in [1.29, 1.82) is 0 Å². The molecule has 0 aromatic heterocycles. The molecule has 134 valence electrons. The maximum Gasteiger partial charge on any atom is 0.0701 e. The smallest absolute Gasteiger partial charge is 0.0701 e. The van der Waals surface area contributed by atoms with Gasteiger partial charge in [0.05, 0.1) is 52.9 Å². The second-order valence-electron chi connectivity index (χ2n) is 4.44. The number of hydrogen-bond donors (Lipinski definition) is 2. The van der Waals surface area contributed by atoms with Gasteiger partial charge in [0.25, 0.3) is 0 Å². The third kappa shape index (κ3) is 20.5. The van der Waals surface area contributed by atoms with Crippen LogP contribution >= 0.6 is 22.9 Å². The normalized spacial score (nSPS) is 11.2. The van der Waals surface area contributed by atoms with Gasteiger partial charge in [0.2, 0.25) is 0 Å². The van der Waals surface area contributed by atoms with Crippen molar-refractivity contribution in [3.63, 3.8) is 0 Å². The number of nitrogens with one attached hydrogen (secondary N) is 1. The highest BCUT2D eigenvalue weighted by Crippen LogP contribution is 1.86. The zero-order chi connectivity index (χ0) is 16.1. The van der Waals surface area contributed by atoms with E-state index in [0.717, 1.165) is 26.0 Å². The van der Waals surface area contributed by atoms with Crippen LogP contribution in [0.4, 0.5) is 0 Å². The van der Waals surface area contributed by atoms with Gasteiger partial charge >= 0.3 is 0 Å². The first-order chi connectivity index (χ1) is 10.9. The average Bonchev–Trinajstić information content (AvgIpc) is 2.54. The fourth-order valence-corrected chi connectivity index (χ4v) is 1.79. The predicted molar refractivity (Wildman–Crippen MR) is 94.4 cm³/mol. The third-order valence-electron chi connectivity index (χ3n) is 2.54. The van der Waals surface area contributed by atoms with E-state index in [9.17, 15) is 0 Å². The largest absolute Gasteiger partial charge is 0.379 e. The quantitative estimate of drug-likeness (QED) is 0.176. The van der Waals surface area contributed by atoms with Crippen molar-refractivity contribution in [2.45, 2.75) is 12.8 Å². The summed E-state index contributed by atoms with van der Waals surface area (Å²) >= 11 is 2.13. The minimum absolute atomic E-state index is 0.575. The topological polar surface area (TPSA) is 84.2 Å². The fraction of sp³-hybridized carbons (Fsp3) is 1.00. The van der Waals surface area contributed by atoms with Gasteiger partial charge in [-0.15, -0.1) is 0 Å². The molecule has 0 saturated heterocycles. The van der Waals surface area contributed by atoms with E-state index in [2.05, 4.69) is 26.4 Å². The second kappa shape index (κ2) is 21.4. The van der Waals surface area contributed by atoms with Gasteiger partial charge in [0, 0.05) is 42.6 Å². The molecule has 0 rings (SSSR count). The molecule has 0 spiro atoms. The van der Waals surface area contributed by atoms with Crippen molar-refractivity contribution in [2.75, 3.05) is 79.2 Å². The predicted octanol–water partition coefficient (Wildman–Crippen LogP) is 0.748. The lowest BCUT2D eigenvalue weighted by Crippen LogP contribution is -2.14. The van der Waals surface area contributed by atoms with Crippen molar-refractivity contribution < 1.29 is 23.7 Å². The molecule has 8 heteroatoms. The van der Waals surface area contributed by atoms with E-state index >= 15 is 0 Å². The summed E-state index contributed by atoms with van der Waals surface area (Å²) in [5, 5.41) is 0. The van der Waals surface area contributed by atoms with Crippen molar-refractivity contribution in [3.05, 3.63) is 0 Å². The first kappa shape index (κ1) is 22.4. The summed E-state index contributed by atoms with van der Waals surface area (Å²) in [6.45, 7) is 7.86. The SMILES string of the molecule is NCCCOCCOCCOCCOCCOCCCNI. The van der Waals surface area contributed by atoms with Crippen LogP contribution < -0.4 is 9.26 Å². The first-order valence-corrected chi connectivity index (χ1v) is 8.92. The molecule has 7 nitrogen and oxygen atoms in total. The van der Waals surface area contributed by atoms with E-state index in [1.165, 1.54) is 0 Å². The Morgan fingerprint density at radius 1 is 0.591 bits per heavy atom.